The summed E-state index contributed by atoms with van der Waals surface area (Å²) in [5.41, 5.74) is 2.27. The fourth-order valence-corrected chi connectivity index (χ4v) is 4.55. The van der Waals surface area contributed by atoms with Gasteiger partial charge in [-0.25, -0.2) is 4.98 Å². The summed E-state index contributed by atoms with van der Waals surface area (Å²) >= 11 is 6.06. The van der Waals surface area contributed by atoms with Crippen LogP contribution < -0.4 is 16.0 Å². The third-order valence-electron chi connectivity index (χ3n) is 6.52. The van der Waals surface area contributed by atoms with E-state index >= 15 is 0 Å². The first-order chi connectivity index (χ1) is 18.4. The lowest BCUT2D eigenvalue weighted by Gasteiger charge is -2.21. The topological polar surface area (TPSA) is 129 Å². The summed E-state index contributed by atoms with van der Waals surface area (Å²) in [7, 11) is 1.26. The Morgan fingerprint density at radius 2 is 1.82 bits per heavy atom. The van der Waals surface area contributed by atoms with E-state index in [1.807, 2.05) is 42.5 Å². The number of ether oxygens (including phenoxy) is 1. The molecule has 1 aliphatic carbocycles. The van der Waals surface area contributed by atoms with Gasteiger partial charge in [0.25, 0.3) is 5.91 Å². The maximum Gasteiger partial charge on any atom is 0.325 e. The quantitative estimate of drug-likeness (QED) is 0.208. The van der Waals surface area contributed by atoms with Crippen LogP contribution in [0.1, 0.15) is 53.1 Å². The van der Waals surface area contributed by atoms with E-state index in [0.29, 0.717) is 29.0 Å². The highest BCUT2D eigenvalue weighted by atomic mass is 35.5. The molecule has 0 bridgehead atoms. The van der Waals surface area contributed by atoms with Gasteiger partial charge in [0.05, 0.1) is 7.11 Å². The van der Waals surface area contributed by atoms with E-state index in [1.54, 1.807) is 12.1 Å². The molecule has 1 fully saturated rings. The number of hydrogen-bond acceptors (Lipinski definition) is 8. The standard InChI is InChI=1S/C28H31ClN6O3/c1-38-24(36)17-32-27(37)23-16-33-28(34-21-9-5-6-10-21)35-26(23)31-15-22(18-7-3-2-4-8-18)25(30)19-11-13-20(29)14-12-19/h2-4,7-8,11-14,16,21-22,30H,5-6,9-10,15,17H2,1H3,(H,32,37)(H2,31,33,34,35). The van der Waals surface area contributed by atoms with Crippen molar-refractivity contribution >= 4 is 41.0 Å². The Labute approximate surface area is 226 Å². The van der Waals surface area contributed by atoms with Crippen LogP contribution in [0.2, 0.25) is 5.02 Å². The highest BCUT2D eigenvalue weighted by Gasteiger charge is 2.23. The van der Waals surface area contributed by atoms with Crippen LogP contribution in [0.5, 0.6) is 0 Å². The fourth-order valence-electron chi connectivity index (χ4n) is 4.43. The van der Waals surface area contributed by atoms with Crippen molar-refractivity contribution in [2.24, 2.45) is 0 Å². The number of benzene rings is 2. The van der Waals surface area contributed by atoms with Crippen LogP contribution in [0.3, 0.4) is 0 Å². The lowest BCUT2D eigenvalue weighted by Crippen LogP contribution is -2.31. The third kappa shape index (κ3) is 7.07. The second kappa shape index (κ2) is 13.0. The molecule has 2 aromatic carbocycles. The van der Waals surface area contributed by atoms with Crippen LogP contribution in [0, 0.1) is 5.41 Å². The SMILES string of the molecule is COC(=O)CNC(=O)c1cnc(NC2CCCC2)nc1NCC(C(=N)c1ccc(Cl)cc1)c1ccccc1. The Hall–Kier alpha value is -3.98. The van der Waals surface area contributed by atoms with Crippen molar-refractivity contribution in [1.82, 2.24) is 15.3 Å². The number of rotatable bonds is 11. The Balaban J connectivity index is 1.60. The molecule has 0 saturated heterocycles. The lowest BCUT2D eigenvalue weighted by molar-refractivity contribution is -0.139. The zero-order chi connectivity index (χ0) is 26.9. The van der Waals surface area contributed by atoms with E-state index in [4.69, 9.17) is 17.0 Å². The van der Waals surface area contributed by atoms with E-state index in [2.05, 4.69) is 30.7 Å². The highest BCUT2D eigenvalue weighted by molar-refractivity contribution is 6.30. The van der Waals surface area contributed by atoms with Gasteiger partial charge in [0.15, 0.2) is 0 Å². The van der Waals surface area contributed by atoms with Crippen molar-refractivity contribution in [2.75, 3.05) is 30.8 Å². The first-order valence-electron chi connectivity index (χ1n) is 12.6. The number of esters is 1. The first-order valence-corrected chi connectivity index (χ1v) is 12.9. The van der Waals surface area contributed by atoms with Crippen molar-refractivity contribution in [2.45, 2.75) is 37.6 Å². The molecule has 4 N–H and O–H groups in total. The van der Waals surface area contributed by atoms with Gasteiger partial charge in [-0.15, -0.1) is 0 Å². The molecule has 1 aliphatic rings. The highest BCUT2D eigenvalue weighted by Crippen LogP contribution is 2.25. The molecule has 4 rings (SSSR count). The number of halogens is 1. The molecule has 3 aromatic rings. The van der Waals surface area contributed by atoms with Crippen LogP contribution in [-0.2, 0) is 9.53 Å². The average molecular weight is 535 g/mol. The molecule has 198 valence electrons. The van der Waals surface area contributed by atoms with Gasteiger partial charge >= 0.3 is 5.97 Å². The second-order valence-electron chi connectivity index (χ2n) is 9.11. The van der Waals surface area contributed by atoms with Crippen molar-refractivity contribution in [3.05, 3.63) is 82.5 Å². The van der Waals surface area contributed by atoms with Gasteiger partial charge in [-0.1, -0.05) is 66.9 Å². The number of amides is 1. The normalized spacial score (nSPS) is 13.9. The molecular weight excluding hydrogens is 504 g/mol. The largest absolute Gasteiger partial charge is 0.468 e. The van der Waals surface area contributed by atoms with Crippen molar-refractivity contribution in [3.63, 3.8) is 0 Å². The average Bonchev–Trinajstić information content (AvgIpc) is 3.45. The monoisotopic (exact) mass is 534 g/mol. The molecule has 1 saturated carbocycles. The Bertz CT molecular complexity index is 1260. The number of carbonyl (C=O) groups is 2. The van der Waals surface area contributed by atoms with Gasteiger partial charge in [0, 0.05) is 35.4 Å². The minimum absolute atomic E-state index is 0.190. The lowest BCUT2D eigenvalue weighted by atomic mass is 9.90. The zero-order valence-corrected chi connectivity index (χ0v) is 21.9. The summed E-state index contributed by atoms with van der Waals surface area (Å²) in [6.45, 7) is 0.0212. The minimum Gasteiger partial charge on any atom is -0.468 e. The Morgan fingerprint density at radius 1 is 1.11 bits per heavy atom. The van der Waals surface area contributed by atoms with Gasteiger partial charge < -0.3 is 26.1 Å². The molecule has 1 heterocycles. The van der Waals surface area contributed by atoms with Crippen molar-refractivity contribution in [3.8, 4) is 0 Å². The molecule has 0 spiro atoms. The van der Waals surface area contributed by atoms with Gasteiger partial charge in [-0.2, -0.15) is 4.98 Å². The number of methoxy groups -OCH3 is 1. The van der Waals surface area contributed by atoms with Crippen LogP contribution in [0.4, 0.5) is 11.8 Å². The number of hydrogen-bond donors (Lipinski definition) is 4. The Kier molecular flexibility index (Phi) is 9.26. The van der Waals surface area contributed by atoms with Gasteiger partial charge in [-0.3, -0.25) is 9.59 Å². The molecule has 0 aliphatic heterocycles. The number of aromatic nitrogens is 2. The molecular formula is C28H31ClN6O3. The van der Waals surface area contributed by atoms with E-state index < -0.39 is 11.9 Å². The van der Waals surface area contributed by atoms with Gasteiger partial charge in [0.1, 0.15) is 17.9 Å². The number of carbonyl (C=O) groups excluding carboxylic acids is 2. The minimum atomic E-state index is -0.561. The fraction of sp³-hybridized carbons (Fsp3) is 0.321. The zero-order valence-electron chi connectivity index (χ0n) is 21.2. The summed E-state index contributed by atoms with van der Waals surface area (Å²) in [6.07, 6.45) is 5.84. The predicted octanol–water partition coefficient (Wildman–Crippen LogP) is 4.65. The second-order valence-corrected chi connectivity index (χ2v) is 9.54. The smallest absolute Gasteiger partial charge is 0.325 e. The molecule has 1 atom stereocenters. The van der Waals surface area contributed by atoms with Gasteiger partial charge in [-0.05, 0) is 36.1 Å². The van der Waals surface area contributed by atoms with Gasteiger partial charge in [0.2, 0.25) is 5.95 Å². The molecule has 0 radical (unpaired) electrons. The molecule has 1 amide bonds. The summed E-state index contributed by atoms with van der Waals surface area (Å²) in [4.78, 5) is 33.5. The van der Waals surface area contributed by atoms with Crippen molar-refractivity contribution < 1.29 is 14.3 Å². The number of nitrogens with one attached hydrogen (secondary N) is 4. The maximum atomic E-state index is 12.9. The summed E-state index contributed by atoms with van der Waals surface area (Å²) in [5, 5.41) is 18.8. The van der Waals surface area contributed by atoms with E-state index in [9.17, 15) is 9.59 Å². The molecule has 1 aromatic heterocycles. The van der Waals surface area contributed by atoms with Crippen LogP contribution in [-0.4, -0.2) is 53.8 Å². The van der Waals surface area contributed by atoms with E-state index in [0.717, 1.165) is 36.8 Å². The van der Waals surface area contributed by atoms with Crippen LogP contribution in [0.25, 0.3) is 0 Å². The van der Waals surface area contributed by atoms with E-state index in [-0.39, 0.29) is 24.1 Å². The predicted molar refractivity (Wildman–Crippen MR) is 148 cm³/mol. The number of anilines is 2. The summed E-state index contributed by atoms with van der Waals surface area (Å²) in [5.74, 6) is -0.673. The molecule has 1 unspecified atom stereocenters. The van der Waals surface area contributed by atoms with Crippen LogP contribution in [0.15, 0.2) is 60.8 Å². The van der Waals surface area contributed by atoms with Crippen LogP contribution >= 0.6 is 11.6 Å². The first kappa shape index (κ1) is 27.1. The summed E-state index contributed by atoms with van der Waals surface area (Å²) in [6, 6.07) is 17.2. The summed E-state index contributed by atoms with van der Waals surface area (Å²) < 4.78 is 4.62. The maximum absolute atomic E-state index is 12.9. The number of nitrogens with zero attached hydrogens (tertiary/aromatic N) is 2. The van der Waals surface area contributed by atoms with Crippen molar-refractivity contribution in [1.29, 1.82) is 5.41 Å². The molecule has 38 heavy (non-hydrogen) atoms. The molecule has 9 nitrogen and oxygen atoms in total. The van der Waals surface area contributed by atoms with E-state index in [1.165, 1.54) is 13.3 Å². The third-order valence-corrected chi connectivity index (χ3v) is 6.77. The molecule has 10 heteroatoms. The Morgan fingerprint density at radius 3 is 2.50 bits per heavy atom.